The van der Waals surface area contributed by atoms with Gasteiger partial charge in [0.1, 0.15) is 6.61 Å². The molecule has 0 aliphatic carbocycles. The van der Waals surface area contributed by atoms with Crippen LogP contribution in [-0.2, 0) is 16.1 Å². The van der Waals surface area contributed by atoms with Crippen LogP contribution in [0.3, 0.4) is 0 Å². The summed E-state index contributed by atoms with van der Waals surface area (Å²) in [6.45, 7) is 0.492. The Morgan fingerprint density at radius 1 is 1.46 bits per heavy atom. The van der Waals surface area contributed by atoms with Crippen LogP contribution in [0.5, 0.6) is 0 Å². The van der Waals surface area contributed by atoms with E-state index in [4.69, 9.17) is 10.0 Å². The number of hydrogen-bond donors (Lipinski definition) is 2. The molecule has 1 rings (SSSR count). The highest BCUT2D eigenvalue weighted by molar-refractivity contribution is 6.58. The molecule has 0 saturated heterocycles. The molecule has 13 heavy (non-hydrogen) atoms. The van der Waals surface area contributed by atoms with Crippen LogP contribution in [0.25, 0.3) is 0 Å². The molecular formula is C8H9BO4. The van der Waals surface area contributed by atoms with Gasteiger partial charge in [-0.25, -0.2) is 0 Å². The van der Waals surface area contributed by atoms with E-state index in [1.54, 1.807) is 24.3 Å². The van der Waals surface area contributed by atoms with Crippen molar-refractivity contribution in [3.05, 3.63) is 29.8 Å². The quantitative estimate of drug-likeness (QED) is 0.462. The molecule has 0 aromatic heterocycles. The minimum atomic E-state index is -1.49. The molecule has 5 heteroatoms. The summed E-state index contributed by atoms with van der Waals surface area (Å²) in [7, 11) is -1.49. The zero-order valence-electron chi connectivity index (χ0n) is 6.88. The van der Waals surface area contributed by atoms with Crippen LogP contribution in [0.4, 0.5) is 0 Å². The number of carbonyl (C=O) groups is 1. The fourth-order valence-electron chi connectivity index (χ4n) is 0.974. The van der Waals surface area contributed by atoms with E-state index < -0.39 is 7.12 Å². The monoisotopic (exact) mass is 180 g/mol. The maximum Gasteiger partial charge on any atom is 0.488 e. The molecule has 0 saturated carbocycles. The lowest BCUT2D eigenvalue weighted by atomic mass is 9.80. The van der Waals surface area contributed by atoms with Crippen molar-refractivity contribution in [3.8, 4) is 0 Å². The van der Waals surface area contributed by atoms with Gasteiger partial charge in [-0.2, -0.15) is 0 Å². The van der Waals surface area contributed by atoms with Crippen LogP contribution in [0, 0.1) is 0 Å². The summed E-state index contributed by atoms with van der Waals surface area (Å²) >= 11 is 0. The molecule has 0 aliphatic heterocycles. The highest BCUT2D eigenvalue weighted by Crippen LogP contribution is 1.98. The van der Waals surface area contributed by atoms with Crippen molar-refractivity contribution in [1.29, 1.82) is 0 Å². The molecule has 1 aromatic carbocycles. The van der Waals surface area contributed by atoms with Crippen molar-refractivity contribution >= 4 is 19.1 Å². The normalized spacial score (nSPS) is 9.38. The Morgan fingerprint density at radius 3 is 2.85 bits per heavy atom. The molecule has 1 aromatic rings. The summed E-state index contributed by atoms with van der Waals surface area (Å²) in [6.07, 6.45) is 0. The highest BCUT2D eigenvalue weighted by Gasteiger charge is 2.10. The minimum Gasteiger partial charge on any atom is -0.463 e. The van der Waals surface area contributed by atoms with Gasteiger partial charge in [0.25, 0.3) is 6.47 Å². The predicted octanol–water partition coefficient (Wildman–Crippen LogP) is -0.961. The first kappa shape index (κ1) is 9.76. The molecule has 0 amide bonds. The molecule has 0 bridgehead atoms. The molecule has 0 unspecified atom stereocenters. The van der Waals surface area contributed by atoms with E-state index in [2.05, 4.69) is 4.74 Å². The molecule has 0 spiro atoms. The first-order chi connectivity index (χ1) is 6.24. The van der Waals surface area contributed by atoms with Gasteiger partial charge in [-0.3, -0.25) is 4.79 Å². The topological polar surface area (TPSA) is 66.8 Å². The second-order valence-electron chi connectivity index (χ2n) is 2.53. The van der Waals surface area contributed by atoms with Crippen LogP contribution < -0.4 is 5.46 Å². The molecule has 2 N–H and O–H groups in total. The van der Waals surface area contributed by atoms with E-state index in [-0.39, 0.29) is 6.61 Å². The van der Waals surface area contributed by atoms with Gasteiger partial charge in [-0.05, 0) is 11.0 Å². The SMILES string of the molecule is O=COCc1cccc(B(O)O)c1. The summed E-state index contributed by atoms with van der Waals surface area (Å²) in [5, 5.41) is 17.6. The van der Waals surface area contributed by atoms with Gasteiger partial charge in [-0.15, -0.1) is 0 Å². The van der Waals surface area contributed by atoms with Crippen molar-refractivity contribution in [1.82, 2.24) is 0 Å². The summed E-state index contributed by atoms with van der Waals surface area (Å²) < 4.78 is 4.51. The lowest BCUT2D eigenvalue weighted by molar-refractivity contribution is -0.129. The Kier molecular flexibility index (Phi) is 3.48. The van der Waals surface area contributed by atoms with Gasteiger partial charge in [0.2, 0.25) is 0 Å². The summed E-state index contributed by atoms with van der Waals surface area (Å²) in [5.41, 5.74) is 1.10. The Hall–Kier alpha value is -1.33. The van der Waals surface area contributed by atoms with Crippen molar-refractivity contribution in [2.45, 2.75) is 6.61 Å². The number of ether oxygens (including phenoxy) is 1. The second-order valence-corrected chi connectivity index (χ2v) is 2.53. The van der Waals surface area contributed by atoms with Crippen molar-refractivity contribution in [3.63, 3.8) is 0 Å². The highest BCUT2D eigenvalue weighted by atomic mass is 16.5. The maximum atomic E-state index is 9.88. The molecule has 0 heterocycles. The Bertz CT molecular complexity index is 287. The summed E-state index contributed by atoms with van der Waals surface area (Å²) in [4.78, 5) is 9.88. The van der Waals surface area contributed by atoms with E-state index in [9.17, 15) is 4.79 Å². The second kappa shape index (κ2) is 4.64. The molecule has 0 atom stereocenters. The Labute approximate surface area is 75.9 Å². The fourth-order valence-corrected chi connectivity index (χ4v) is 0.974. The zero-order valence-corrected chi connectivity index (χ0v) is 6.88. The van der Waals surface area contributed by atoms with E-state index >= 15 is 0 Å². The number of benzene rings is 1. The van der Waals surface area contributed by atoms with Crippen LogP contribution in [0.15, 0.2) is 24.3 Å². The number of rotatable bonds is 4. The predicted molar refractivity (Wildman–Crippen MR) is 47.1 cm³/mol. The van der Waals surface area contributed by atoms with Crippen molar-refractivity contribution < 1.29 is 19.6 Å². The van der Waals surface area contributed by atoms with Crippen LogP contribution in [0.1, 0.15) is 5.56 Å². The lowest BCUT2D eigenvalue weighted by Gasteiger charge is -2.02. The van der Waals surface area contributed by atoms with Gasteiger partial charge in [0, 0.05) is 0 Å². The van der Waals surface area contributed by atoms with Crippen LogP contribution in [0.2, 0.25) is 0 Å². The standard InChI is InChI=1S/C8H9BO4/c10-6-13-5-7-2-1-3-8(4-7)9(11)12/h1-4,6,11-12H,5H2. The maximum absolute atomic E-state index is 9.88. The Morgan fingerprint density at radius 2 is 2.23 bits per heavy atom. The molecule has 0 aliphatic rings. The molecule has 0 fully saturated rings. The van der Waals surface area contributed by atoms with E-state index in [1.165, 1.54) is 0 Å². The van der Waals surface area contributed by atoms with Gasteiger partial charge in [-0.1, -0.05) is 24.3 Å². The third kappa shape index (κ3) is 2.89. The summed E-state index contributed by atoms with van der Waals surface area (Å²) in [6, 6.07) is 6.54. The molecule has 4 nitrogen and oxygen atoms in total. The van der Waals surface area contributed by atoms with E-state index in [0.29, 0.717) is 11.9 Å². The van der Waals surface area contributed by atoms with E-state index in [1.807, 2.05) is 0 Å². The number of carbonyl (C=O) groups excluding carboxylic acids is 1. The third-order valence-corrected chi connectivity index (χ3v) is 1.57. The van der Waals surface area contributed by atoms with Gasteiger partial charge in [0.15, 0.2) is 0 Å². The zero-order chi connectivity index (χ0) is 9.68. The average Bonchev–Trinajstić information content (AvgIpc) is 2.15. The fraction of sp³-hybridized carbons (Fsp3) is 0.125. The van der Waals surface area contributed by atoms with Gasteiger partial charge in [0.05, 0.1) is 0 Å². The van der Waals surface area contributed by atoms with E-state index in [0.717, 1.165) is 5.56 Å². The average molecular weight is 180 g/mol. The first-order valence-electron chi connectivity index (χ1n) is 3.74. The van der Waals surface area contributed by atoms with Crippen molar-refractivity contribution in [2.24, 2.45) is 0 Å². The summed E-state index contributed by atoms with van der Waals surface area (Å²) in [5.74, 6) is 0. The van der Waals surface area contributed by atoms with Crippen LogP contribution in [-0.4, -0.2) is 23.6 Å². The Balaban J connectivity index is 2.73. The smallest absolute Gasteiger partial charge is 0.463 e. The molecule has 0 radical (unpaired) electrons. The van der Waals surface area contributed by atoms with Gasteiger partial charge < -0.3 is 14.8 Å². The van der Waals surface area contributed by atoms with Crippen molar-refractivity contribution in [2.75, 3.05) is 0 Å². The van der Waals surface area contributed by atoms with Gasteiger partial charge >= 0.3 is 7.12 Å². The largest absolute Gasteiger partial charge is 0.488 e. The number of hydrogen-bond acceptors (Lipinski definition) is 4. The first-order valence-corrected chi connectivity index (χ1v) is 3.74. The lowest BCUT2D eigenvalue weighted by Crippen LogP contribution is -2.29. The van der Waals surface area contributed by atoms with Crippen LogP contribution >= 0.6 is 0 Å². The minimum absolute atomic E-state index is 0.143. The molecular weight excluding hydrogens is 171 g/mol. The molecule has 68 valence electrons. The third-order valence-electron chi connectivity index (χ3n) is 1.57.